The Labute approximate surface area is 147 Å². The van der Waals surface area contributed by atoms with Crippen LogP contribution in [0.4, 0.5) is 10.5 Å². The van der Waals surface area contributed by atoms with Crippen molar-refractivity contribution in [2.45, 2.75) is 44.2 Å². The molecule has 4 rings (SSSR count). The summed E-state index contributed by atoms with van der Waals surface area (Å²) in [6.45, 7) is 0. The van der Waals surface area contributed by atoms with Gasteiger partial charge in [-0.05, 0) is 37.1 Å². The van der Waals surface area contributed by atoms with Crippen LogP contribution >= 0.6 is 0 Å². The number of imide groups is 1. The summed E-state index contributed by atoms with van der Waals surface area (Å²) in [7, 11) is 0. The number of urea groups is 1. The summed E-state index contributed by atoms with van der Waals surface area (Å²) < 4.78 is 0. The molecule has 1 unspecified atom stereocenters. The van der Waals surface area contributed by atoms with Crippen LogP contribution in [0.15, 0.2) is 54.7 Å². The standard InChI is InChI=1S/C20H21N3O2/c24-19-18(17-13-7-8-14-21-17)22(15-9-3-1-4-10-15)20(25)23(19)16-11-5-2-6-12-16/h1,3-4,7-10,13-14,16,18H,2,5-6,11-12H2. The third-order valence-corrected chi connectivity index (χ3v) is 5.08. The van der Waals surface area contributed by atoms with Crippen molar-refractivity contribution in [3.63, 3.8) is 0 Å². The van der Waals surface area contributed by atoms with Crippen LogP contribution in [0.3, 0.4) is 0 Å². The summed E-state index contributed by atoms with van der Waals surface area (Å²) in [4.78, 5) is 33.9. The molecule has 25 heavy (non-hydrogen) atoms. The molecule has 128 valence electrons. The minimum Gasteiger partial charge on any atom is -0.276 e. The normalized spacial score (nSPS) is 21.8. The van der Waals surface area contributed by atoms with Crippen molar-refractivity contribution in [1.82, 2.24) is 9.88 Å². The van der Waals surface area contributed by atoms with Crippen molar-refractivity contribution in [2.75, 3.05) is 4.90 Å². The second kappa shape index (κ2) is 6.67. The first kappa shape index (κ1) is 15.8. The Morgan fingerprint density at radius 1 is 0.840 bits per heavy atom. The summed E-state index contributed by atoms with van der Waals surface area (Å²) in [5.41, 5.74) is 1.35. The largest absolute Gasteiger partial charge is 0.332 e. The number of carbonyl (C=O) groups excluding carboxylic acids is 2. The molecule has 1 saturated carbocycles. The van der Waals surface area contributed by atoms with E-state index in [9.17, 15) is 9.59 Å². The molecule has 5 heteroatoms. The first-order chi connectivity index (χ1) is 12.3. The van der Waals surface area contributed by atoms with E-state index >= 15 is 0 Å². The van der Waals surface area contributed by atoms with Gasteiger partial charge in [-0.2, -0.15) is 0 Å². The topological polar surface area (TPSA) is 53.5 Å². The first-order valence-electron chi connectivity index (χ1n) is 8.89. The van der Waals surface area contributed by atoms with Gasteiger partial charge in [-0.1, -0.05) is 43.5 Å². The molecule has 1 aliphatic heterocycles. The summed E-state index contributed by atoms with van der Waals surface area (Å²) in [5, 5.41) is 0. The Bertz CT molecular complexity index is 700. The van der Waals surface area contributed by atoms with Crippen molar-refractivity contribution in [1.29, 1.82) is 0 Å². The molecule has 0 bridgehead atoms. The molecule has 2 aromatic rings. The average Bonchev–Trinajstić information content (AvgIpc) is 2.94. The lowest BCUT2D eigenvalue weighted by molar-refractivity contribution is -0.129. The van der Waals surface area contributed by atoms with E-state index in [2.05, 4.69) is 4.98 Å². The van der Waals surface area contributed by atoms with E-state index in [0.717, 1.165) is 31.4 Å². The van der Waals surface area contributed by atoms with Crippen molar-refractivity contribution in [2.24, 2.45) is 0 Å². The molecule has 5 nitrogen and oxygen atoms in total. The Morgan fingerprint density at radius 2 is 1.56 bits per heavy atom. The van der Waals surface area contributed by atoms with E-state index in [0.29, 0.717) is 5.69 Å². The first-order valence-corrected chi connectivity index (χ1v) is 8.89. The number of amides is 3. The van der Waals surface area contributed by atoms with Crippen LogP contribution in [0.5, 0.6) is 0 Å². The molecule has 2 fully saturated rings. The van der Waals surface area contributed by atoms with Crippen molar-refractivity contribution < 1.29 is 9.59 Å². The van der Waals surface area contributed by atoms with Crippen LogP contribution in [0.1, 0.15) is 43.8 Å². The molecule has 1 aromatic heterocycles. The summed E-state index contributed by atoms with van der Waals surface area (Å²) in [6, 6.07) is 14.0. The van der Waals surface area contributed by atoms with Gasteiger partial charge in [0.15, 0.2) is 6.04 Å². The zero-order chi connectivity index (χ0) is 17.2. The number of anilines is 1. The predicted molar refractivity (Wildman–Crippen MR) is 95.0 cm³/mol. The summed E-state index contributed by atoms with van der Waals surface area (Å²) >= 11 is 0. The number of rotatable bonds is 3. The van der Waals surface area contributed by atoms with Gasteiger partial charge in [0.2, 0.25) is 0 Å². The van der Waals surface area contributed by atoms with Crippen LogP contribution in [0.2, 0.25) is 0 Å². The highest BCUT2D eigenvalue weighted by atomic mass is 16.2. The Balaban J connectivity index is 1.76. The maximum Gasteiger partial charge on any atom is 0.332 e. The van der Waals surface area contributed by atoms with Gasteiger partial charge in [-0.25, -0.2) is 4.79 Å². The quantitative estimate of drug-likeness (QED) is 0.799. The van der Waals surface area contributed by atoms with E-state index in [-0.39, 0.29) is 18.0 Å². The molecule has 2 heterocycles. The van der Waals surface area contributed by atoms with Gasteiger partial charge < -0.3 is 0 Å². The number of benzene rings is 1. The third-order valence-electron chi connectivity index (χ3n) is 5.08. The maximum absolute atomic E-state index is 13.2. The Hall–Kier alpha value is -2.69. The lowest BCUT2D eigenvalue weighted by Gasteiger charge is -2.29. The van der Waals surface area contributed by atoms with Crippen LogP contribution in [0.25, 0.3) is 0 Å². The second-order valence-electron chi connectivity index (χ2n) is 6.65. The lowest BCUT2D eigenvalue weighted by atomic mass is 9.94. The number of nitrogens with zero attached hydrogens (tertiary/aromatic N) is 3. The number of para-hydroxylation sites is 1. The van der Waals surface area contributed by atoms with Crippen molar-refractivity contribution >= 4 is 17.6 Å². The zero-order valence-corrected chi connectivity index (χ0v) is 14.0. The highest BCUT2D eigenvalue weighted by Gasteiger charge is 2.49. The predicted octanol–water partition coefficient (Wildman–Crippen LogP) is 3.92. The molecule has 1 atom stereocenters. The molecule has 3 amide bonds. The number of hydrogen-bond acceptors (Lipinski definition) is 3. The summed E-state index contributed by atoms with van der Waals surface area (Å²) in [5.74, 6) is -0.153. The van der Waals surface area contributed by atoms with E-state index in [1.165, 1.54) is 11.3 Å². The van der Waals surface area contributed by atoms with Gasteiger partial charge >= 0.3 is 6.03 Å². The lowest BCUT2D eigenvalue weighted by Crippen LogP contribution is -2.42. The zero-order valence-electron chi connectivity index (χ0n) is 14.0. The Kier molecular flexibility index (Phi) is 4.22. The molecule has 0 radical (unpaired) electrons. The molecule has 2 aliphatic rings. The minimum absolute atomic E-state index is 0.00803. The third kappa shape index (κ3) is 2.80. The monoisotopic (exact) mass is 335 g/mol. The van der Waals surface area contributed by atoms with Crippen molar-refractivity contribution in [3.05, 3.63) is 60.4 Å². The molecular formula is C20H21N3O2. The fraction of sp³-hybridized carbons (Fsp3) is 0.350. The van der Waals surface area contributed by atoms with E-state index in [4.69, 9.17) is 0 Å². The van der Waals surface area contributed by atoms with Gasteiger partial charge in [-0.3, -0.25) is 19.6 Å². The van der Waals surface area contributed by atoms with Gasteiger partial charge in [0.05, 0.1) is 5.69 Å². The molecule has 0 N–H and O–H groups in total. The fourth-order valence-electron chi connectivity index (χ4n) is 3.88. The summed E-state index contributed by atoms with van der Waals surface area (Å²) in [6.07, 6.45) is 6.78. The SMILES string of the molecule is O=C1C(c2ccccn2)N(c2ccccc2)C(=O)N1C1CCCCC1. The van der Waals surface area contributed by atoms with Crippen LogP contribution in [0, 0.1) is 0 Å². The van der Waals surface area contributed by atoms with Gasteiger partial charge in [-0.15, -0.1) is 0 Å². The Morgan fingerprint density at radius 3 is 2.24 bits per heavy atom. The van der Waals surface area contributed by atoms with Gasteiger partial charge in [0.1, 0.15) is 0 Å². The smallest absolute Gasteiger partial charge is 0.276 e. The van der Waals surface area contributed by atoms with Gasteiger partial charge in [0.25, 0.3) is 5.91 Å². The van der Waals surface area contributed by atoms with E-state index in [1.54, 1.807) is 11.1 Å². The van der Waals surface area contributed by atoms with Crippen LogP contribution < -0.4 is 4.90 Å². The highest BCUT2D eigenvalue weighted by molar-refractivity contribution is 6.14. The highest BCUT2D eigenvalue weighted by Crippen LogP contribution is 2.38. The molecule has 1 saturated heterocycles. The van der Waals surface area contributed by atoms with E-state index in [1.807, 2.05) is 48.5 Å². The van der Waals surface area contributed by atoms with Crippen molar-refractivity contribution in [3.8, 4) is 0 Å². The number of hydrogen-bond donors (Lipinski definition) is 0. The molecular weight excluding hydrogens is 314 g/mol. The van der Waals surface area contributed by atoms with Crippen LogP contribution in [-0.2, 0) is 4.79 Å². The maximum atomic E-state index is 13.2. The number of carbonyl (C=O) groups is 2. The van der Waals surface area contributed by atoms with E-state index < -0.39 is 6.04 Å². The average molecular weight is 335 g/mol. The fourth-order valence-corrected chi connectivity index (χ4v) is 3.88. The minimum atomic E-state index is -0.682. The van der Waals surface area contributed by atoms with Crippen LogP contribution in [-0.4, -0.2) is 27.9 Å². The number of pyridine rings is 1. The number of aromatic nitrogens is 1. The van der Waals surface area contributed by atoms with Gasteiger partial charge in [0, 0.05) is 17.9 Å². The molecule has 1 aliphatic carbocycles. The molecule has 1 aromatic carbocycles. The molecule has 0 spiro atoms. The second-order valence-corrected chi connectivity index (χ2v) is 6.65.